The van der Waals surface area contributed by atoms with Crippen LogP contribution in [-0.4, -0.2) is 19.7 Å². The van der Waals surface area contributed by atoms with E-state index in [1.807, 2.05) is 0 Å². The summed E-state index contributed by atoms with van der Waals surface area (Å²) < 4.78 is 1.52. The van der Waals surface area contributed by atoms with Crippen LogP contribution in [0.1, 0.15) is 26.6 Å². The molecule has 0 radical (unpaired) electrons. The zero-order chi connectivity index (χ0) is 12.6. The van der Waals surface area contributed by atoms with Gasteiger partial charge < -0.3 is 4.57 Å². The number of hydrogen-bond acceptors (Lipinski definition) is 3. The fourth-order valence-corrected chi connectivity index (χ4v) is 1.45. The van der Waals surface area contributed by atoms with Crippen LogP contribution in [0.25, 0.3) is 11.4 Å². The molecule has 2 aromatic heterocycles. The molecule has 2 aromatic rings. The summed E-state index contributed by atoms with van der Waals surface area (Å²) in [7, 11) is 1.71. The molecule has 1 N–H and O–H groups in total. The summed E-state index contributed by atoms with van der Waals surface area (Å²) in [4.78, 5) is 15.7. The average molecular weight is 232 g/mol. The van der Waals surface area contributed by atoms with Gasteiger partial charge in [-0.05, 0) is 6.07 Å². The van der Waals surface area contributed by atoms with E-state index in [9.17, 15) is 4.79 Å². The van der Waals surface area contributed by atoms with Gasteiger partial charge in [0.25, 0.3) is 0 Å². The summed E-state index contributed by atoms with van der Waals surface area (Å²) in [6, 6.07) is 3.25. The van der Waals surface area contributed by atoms with Gasteiger partial charge >= 0.3 is 0 Å². The third-order valence-electron chi connectivity index (χ3n) is 2.54. The molecule has 0 unspecified atom stereocenters. The molecule has 0 spiro atoms. The lowest BCUT2D eigenvalue weighted by Gasteiger charge is -2.12. The minimum Gasteiger partial charge on any atom is -0.318 e. The highest BCUT2D eigenvalue weighted by molar-refractivity contribution is 5.52. The van der Waals surface area contributed by atoms with Crippen molar-refractivity contribution < 1.29 is 0 Å². The van der Waals surface area contributed by atoms with Gasteiger partial charge in [0.2, 0.25) is 5.56 Å². The van der Waals surface area contributed by atoms with E-state index in [-0.39, 0.29) is 11.0 Å². The van der Waals surface area contributed by atoms with Crippen molar-refractivity contribution in [3.05, 3.63) is 34.5 Å². The topological polar surface area (TPSA) is 63.6 Å². The van der Waals surface area contributed by atoms with Crippen LogP contribution < -0.4 is 5.56 Å². The second kappa shape index (κ2) is 3.84. The molecule has 0 aromatic carbocycles. The van der Waals surface area contributed by atoms with Crippen molar-refractivity contribution in [2.45, 2.75) is 26.2 Å². The zero-order valence-corrected chi connectivity index (χ0v) is 10.5. The quantitative estimate of drug-likeness (QED) is 0.809. The molecule has 0 amide bonds. The number of pyridine rings is 1. The first-order chi connectivity index (χ1) is 7.88. The molecule has 0 bridgehead atoms. The second-order valence-corrected chi connectivity index (χ2v) is 5.12. The van der Waals surface area contributed by atoms with Crippen LogP contribution in [0.4, 0.5) is 0 Å². The van der Waals surface area contributed by atoms with Gasteiger partial charge in [-0.15, -0.1) is 0 Å². The number of aromatic nitrogens is 4. The molecule has 0 aliphatic rings. The van der Waals surface area contributed by atoms with E-state index in [0.717, 1.165) is 11.4 Å². The third kappa shape index (κ3) is 2.27. The van der Waals surface area contributed by atoms with Crippen LogP contribution in [0.3, 0.4) is 0 Å². The van der Waals surface area contributed by atoms with Gasteiger partial charge in [0.15, 0.2) is 5.82 Å². The maximum Gasteiger partial charge on any atom is 0.250 e. The number of nitrogens with one attached hydrogen (secondary N) is 1. The first-order valence-corrected chi connectivity index (χ1v) is 5.48. The number of H-pyrrole nitrogens is 1. The summed E-state index contributed by atoms with van der Waals surface area (Å²) in [6.45, 7) is 6.20. The highest BCUT2D eigenvalue weighted by Crippen LogP contribution is 2.20. The first-order valence-electron chi connectivity index (χ1n) is 5.48. The number of nitrogens with zero attached hydrogens (tertiary/aromatic N) is 3. The molecule has 0 atom stereocenters. The Bertz CT molecular complexity index is 589. The lowest BCUT2D eigenvalue weighted by molar-refractivity contribution is 0.548. The van der Waals surface area contributed by atoms with E-state index >= 15 is 0 Å². The molecule has 0 fully saturated rings. The molecule has 0 aliphatic heterocycles. The standard InChI is InChI=1S/C12H16N4O/c1-12(2,3)11-13-10(14-15-11)8-5-6-9(17)16(4)7-8/h5-7H,1-4H3,(H,13,14,15). The predicted octanol–water partition coefficient (Wildman–Crippen LogP) is 1.47. The Balaban J connectivity index is 2.44. The number of aromatic amines is 1. The fraction of sp³-hybridized carbons (Fsp3) is 0.417. The minimum absolute atomic E-state index is 0.0414. The van der Waals surface area contributed by atoms with Crippen LogP contribution in [0, 0.1) is 0 Å². The van der Waals surface area contributed by atoms with Gasteiger partial charge in [-0.3, -0.25) is 9.89 Å². The molecule has 2 rings (SSSR count). The van der Waals surface area contributed by atoms with Crippen molar-refractivity contribution in [2.75, 3.05) is 0 Å². The minimum atomic E-state index is -0.0636. The van der Waals surface area contributed by atoms with Crippen molar-refractivity contribution >= 4 is 0 Å². The summed E-state index contributed by atoms with van der Waals surface area (Å²) >= 11 is 0. The zero-order valence-electron chi connectivity index (χ0n) is 10.5. The molecule has 0 saturated heterocycles. The molecular weight excluding hydrogens is 216 g/mol. The van der Waals surface area contributed by atoms with E-state index in [1.165, 1.54) is 10.6 Å². The second-order valence-electron chi connectivity index (χ2n) is 5.12. The third-order valence-corrected chi connectivity index (χ3v) is 2.54. The first kappa shape index (κ1) is 11.6. The molecule has 0 aliphatic carbocycles. The summed E-state index contributed by atoms with van der Waals surface area (Å²) in [5.41, 5.74) is 0.727. The summed E-state index contributed by atoms with van der Waals surface area (Å²) in [5, 5.41) is 7.10. The largest absolute Gasteiger partial charge is 0.318 e. The summed E-state index contributed by atoms with van der Waals surface area (Å²) in [5.74, 6) is 1.45. The lowest BCUT2D eigenvalue weighted by atomic mass is 9.96. The highest BCUT2D eigenvalue weighted by atomic mass is 16.1. The van der Waals surface area contributed by atoms with Gasteiger partial charge in [-0.25, -0.2) is 4.98 Å². The van der Waals surface area contributed by atoms with Crippen molar-refractivity contribution in [1.29, 1.82) is 0 Å². The Hall–Kier alpha value is -1.91. The Morgan fingerprint density at radius 3 is 2.53 bits per heavy atom. The van der Waals surface area contributed by atoms with Crippen LogP contribution in [-0.2, 0) is 12.5 Å². The smallest absolute Gasteiger partial charge is 0.250 e. The van der Waals surface area contributed by atoms with E-state index < -0.39 is 0 Å². The van der Waals surface area contributed by atoms with Crippen molar-refractivity contribution in [3.63, 3.8) is 0 Å². The molecule has 90 valence electrons. The van der Waals surface area contributed by atoms with E-state index in [4.69, 9.17) is 0 Å². The van der Waals surface area contributed by atoms with Crippen molar-refractivity contribution in [2.24, 2.45) is 7.05 Å². The van der Waals surface area contributed by atoms with Gasteiger partial charge in [0, 0.05) is 30.3 Å². The number of hydrogen-bond donors (Lipinski definition) is 1. The number of aryl methyl sites for hydroxylation is 1. The fourth-order valence-electron chi connectivity index (χ4n) is 1.45. The monoisotopic (exact) mass is 232 g/mol. The van der Waals surface area contributed by atoms with Gasteiger partial charge in [-0.2, -0.15) is 5.10 Å². The Morgan fingerprint density at radius 1 is 1.29 bits per heavy atom. The molecule has 5 heteroatoms. The maximum absolute atomic E-state index is 11.3. The van der Waals surface area contributed by atoms with Crippen LogP contribution in [0.15, 0.2) is 23.1 Å². The van der Waals surface area contributed by atoms with Gasteiger partial charge in [0.1, 0.15) is 5.82 Å². The van der Waals surface area contributed by atoms with Crippen molar-refractivity contribution in [1.82, 2.24) is 19.7 Å². The SMILES string of the molecule is Cn1cc(-c2n[nH]c(C(C)(C)C)n2)ccc1=O. The van der Waals surface area contributed by atoms with Gasteiger partial charge in [0.05, 0.1) is 0 Å². The number of rotatable bonds is 1. The molecular formula is C12H16N4O. The van der Waals surface area contributed by atoms with E-state index in [1.54, 1.807) is 19.3 Å². The Labute approximate surface area is 99.5 Å². The lowest BCUT2D eigenvalue weighted by Crippen LogP contribution is -2.14. The van der Waals surface area contributed by atoms with Crippen LogP contribution in [0.2, 0.25) is 0 Å². The average Bonchev–Trinajstić information content (AvgIpc) is 2.70. The maximum atomic E-state index is 11.3. The normalized spacial score (nSPS) is 11.8. The van der Waals surface area contributed by atoms with Gasteiger partial charge in [-0.1, -0.05) is 20.8 Å². The van der Waals surface area contributed by atoms with E-state index in [2.05, 4.69) is 36.0 Å². The predicted molar refractivity (Wildman–Crippen MR) is 65.8 cm³/mol. The van der Waals surface area contributed by atoms with Crippen LogP contribution >= 0.6 is 0 Å². The van der Waals surface area contributed by atoms with Crippen molar-refractivity contribution in [3.8, 4) is 11.4 Å². The molecule has 0 saturated carbocycles. The van der Waals surface area contributed by atoms with Crippen LogP contribution in [0.5, 0.6) is 0 Å². The van der Waals surface area contributed by atoms with E-state index in [0.29, 0.717) is 5.82 Å². The molecule has 2 heterocycles. The Morgan fingerprint density at radius 2 is 2.00 bits per heavy atom. The molecule has 5 nitrogen and oxygen atoms in total. The highest BCUT2D eigenvalue weighted by Gasteiger charge is 2.19. The molecule has 17 heavy (non-hydrogen) atoms. The summed E-state index contributed by atoms with van der Waals surface area (Å²) in [6.07, 6.45) is 1.73. The Kier molecular flexibility index (Phi) is 2.61.